The van der Waals surface area contributed by atoms with Crippen molar-refractivity contribution in [1.82, 2.24) is 4.90 Å². The van der Waals surface area contributed by atoms with Gasteiger partial charge in [0.15, 0.2) is 0 Å². The van der Waals surface area contributed by atoms with Gasteiger partial charge in [-0.3, -0.25) is 14.4 Å². The zero-order valence-corrected chi connectivity index (χ0v) is 13.1. The normalized spacial score (nSPS) is 12.1. The van der Waals surface area contributed by atoms with Crippen LogP contribution in [0.2, 0.25) is 0 Å². The van der Waals surface area contributed by atoms with Crippen LogP contribution in [0.4, 0.5) is 0 Å². The summed E-state index contributed by atoms with van der Waals surface area (Å²) in [6, 6.07) is 0. The van der Waals surface area contributed by atoms with Crippen LogP contribution in [0.25, 0.3) is 0 Å². The number of amides is 1. The Labute approximate surface area is 124 Å². The highest BCUT2D eigenvalue weighted by Gasteiger charge is 2.22. The average Bonchev–Trinajstić information content (AvgIpc) is 2.38. The monoisotopic (exact) mass is 305 g/mol. The summed E-state index contributed by atoms with van der Waals surface area (Å²) < 4.78 is 4.99. The Bertz CT molecular complexity index is 346. The van der Waals surface area contributed by atoms with E-state index in [2.05, 4.69) is 12.6 Å². The molecule has 1 atom stereocenters. The highest BCUT2D eigenvalue weighted by Crippen LogP contribution is 2.06. The maximum absolute atomic E-state index is 11.9. The Morgan fingerprint density at radius 3 is 2.30 bits per heavy atom. The summed E-state index contributed by atoms with van der Waals surface area (Å²) in [7, 11) is 0. The predicted molar refractivity (Wildman–Crippen MR) is 77.6 cm³/mol. The van der Waals surface area contributed by atoms with Gasteiger partial charge in [0.05, 0.1) is 13.0 Å². The number of carbonyl (C=O) groups is 3. The number of hydrogen-bond acceptors (Lipinski definition) is 5. The Balaban J connectivity index is 4.40. The van der Waals surface area contributed by atoms with Gasteiger partial charge >= 0.3 is 11.9 Å². The lowest BCUT2D eigenvalue weighted by atomic mass is 10.2. The van der Waals surface area contributed by atoms with Gasteiger partial charge < -0.3 is 14.7 Å². The molecule has 6 nitrogen and oxygen atoms in total. The van der Waals surface area contributed by atoms with Crippen molar-refractivity contribution in [2.45, 2.75) is 27.2 Å². The molecular formula is C13H23NO5S. The number of esters is 1. The van der Waals surface area contributed by atoms with E-state index in [0.717, 1.165) is 4.90 Å². The van der Waals surface area contributed by atoms with Crippen LogP contribution in [-0.4, -0.2) is 53.3 Å². The number of hydrogen-bond donors (Lipinski definition) is 2. The van der Waals surface area contributed by atoms with Crippen LogP contribution in [0.3, 0.4) is 0 Å². The maximum Gasteiger partial charge on any atom is 0.323 e. The van der Waals surface area contributed by atoms with Gasteiger partial charge in [-0.15, -0.1) is 0 Å². The van der Waals surface area contributed by atoms with Crippen molar-refractivity contribution in [3.63, 3.8) is 0 Å². The Morgan fingerprint density at radius 1 is 1.25 bits per heavy atom. The summed E-state index contributed by atoms with van der Waals surface area (Å²) in [4.78, 5) is 35.3. The standard InChI is InChI=1S/C13H23NO5S/c1-9(2)7-19-12(17)4-5-14(6-11(15)16)13(18)10(3)8-20/h9-10,20H,4-8H2,1-3H3,(H,15,16). The van der Waals surface area contributed by atoms with Gasteiger partial charge in [-0.2, -0.15) is 12.6 Å². The third-order valence-electron chi connectivity index (χ3n) is 2.50. The van der Waals surface area contributed by atoms with Gasteiger partial charge in [-0.25, -0.2) is 0 Å². The van der Waals surface area contributed by atoms with Crippen molar-refractivity contribution in [1.29, 1.82) is 0 Å². The van der Waals surface area contributed by atoms with Gasteiger partial charge in [-0.1, -0.05) is 20.8 Å². The van der Waals surface area contributed by atoms with Crippen LogP contribution in [-0.2, 0) is 19.1 Å². The van der Waals surface area contributed by atoms with E-state index >= 15 is 0 Å². The second-order valence-electron chi connectivity index (χ2n) is 5.06. The molecule has 0 fully saturated rings. The minimum Gasteiger partial charge on any atom is -0.480 e. The van der Waals surface area contributed by atoms with Crippen LogP contribution < -0.4 is 0 Å². The van der Waals surface area contributed by atoms with Crippen LogP contribution in [0.15, 0.2) is 0 Å². The number of thiol groups is 1. The fourth-order valence-electron chi connectivity index (χ4n) is 1.38. The van der Waals surface area contributed by atoms with E-state index in [1.165, 1.54) is 0 Å². The topological polar surface area (TPSA) is 83.9 Å². The lowest BCUT2D eigenvalue weighted by Crippen LogP contribution is -2.40. The Kier molecular flexibility index (Phi) is 9.03. The third kappa shape index (κ3) is 8.04. The summed E-state index contributed by atoms with van der Waals surface area (Å²) in [5.74, 6) is -1.68. The van der Waals surface area contributed by atoms with E-state index < -0.39 is 18.5 Å². The number of carboxylic acid groups (broad SMARTS) is 1. The average molecular weight is 305 g/mol. The second-order valence-corrected chi connectivity index (χ2v) is 5.43. The molecule has 1 unspecified atom stereocenters. The quantitative estimate of drug-likeness (QED) is 0.491. The van der Waals surface area contributed by atoms with Crippen molar-refractivity contribution in [2.24, 2.45) is 11.8 Å². The van der Waals surface area contributed by atoms with Gasteiger partial charge in [0.2, 0.25) is 5.91 Å². The first-order valence-corrected chi connectivity index (χ1v) is 7.18. The molecule has 0 aromatic rings. The molecule has 0 aliphatic carbocycles. The lowest BCUT2D eigenvalue weighted by molar-refractivity contribution is -0.149. The van der Waals surface area contributed by atoms with Gasteiger partial charge in [-0.05, 0) is 5.92 Å². The van der Waals surface area contributed by atoms with Crippen LogP contribution in [0, 0.1) is 11.8 Å². The highest BCUT2D eigenvalue weighted by molar-refractivity contribution is 7.80. The molecular weight excluding hydrogens is 282 g/mol. The predicted octanol–water partition coefficient (Wildman–Crippen LogP) is 1.05. The summed E-state index contributed by atoms with van der Waals surface area (Å²) in [5.41, 5.74) is 0. The molecule has 0 saturated carbocycles. The first-order chi connectivity index (χ1) is 9.27. The van der Waals surface area contributed by atoms with Crippen molar-refractivity contribution in [3.8, 4) is 0 Å². The molecule has 0 aliphatic rings. The Hall–Kier alpha value is -1.24. The molecule has 0 aromatic carbocycles. The smallest absolute Gasteiger partial charge is 0.323 e. The van der Waals surface area contributed by atoms with Crippen molar-refractivity contribution >= 4 is 30.5 Å². The van der Waals surface area contributed by atoms with E-state index in [1.54, 1.807) is 6.92 Å². The van der Waals surface area contributed by atoms with Crippen LogP contribution >= 0.6 is 12.6 Å². The summed E-state index contributed by atoms with van der Waals surface area (Å²) in [5, 5.41) is 8.80. The zero-order valence-electron chi connectivity index (χ0n) is 12.2. The van der Waals surface area contributed by atoms with Crippen molar-refractivity contribution in [2.75, 3.05) is 25.4 Å². The second kappa shape index (κ2) is 9.63. The molecule has 0 aromatic heterocycles. The molecule has 116 valence electrons. The SMILES string of the molecule is CC(C)COC(=O)CCN(CC(=O)O)C(=O)C(C)CS. The fourth-order valence-corrected chi connectivity index (χ4v) is 1.53. The number of carbonyl (C=O) groups excluding carboxylic acids is 2. The lowest BCUT2D eigenvalue weighted by Gasteiger charge is -2.23. The molecule has 1 N–H and O–H groups in total. The number of aliphatic carboxylic acids is 1. The maximum atomic E-state index is 11.9. The third-order valence-corrected chi connectivity index (χ3v) is 3.04. The highest BCUT2D eigenvalue weighted by atomic mass is 32.1. The molecule has 7 heteroatoms. The van der Waals surface area contributed by atoms with Crippen molar-refractivity contribution < 1.29 is 24.2 Å². The number of carboxylic acids is 1. The van der Waals surface area contributed by atoms with E-state index in [0.29, 0.717) is 12.4 Å². The van der Waals surface area contributed by atoms with Crippen LogP contribution in [0.1, 0.15) is 27.2 Å². The fraction of sp³-hybridized carbons (Fsp3) is 0.769. The molecule has 0 radical (unpaired) electrons. The van der Waals surface area contributed by atoms with Crippen molar-refractivity contribution in [3.05, 3.63) is 0 Å². The van der Waals surface area contributed by atoms with E-state index in [9.17, 15) is 14.4 Å². The van der Waals surface area contributed by atoms with Crippen LogP contribution in [0.5, 0.6) is 0 Å². The molecule has 0 saturated heterocycles. The van der Waals surface area contributed by atoms with E-state index in [4.69, 9.17) is 9.84 Å². The van der Waals surface area contributed by atoms with Gasteiger partial charge in [0, 0.05) is 18.2 Å². The number of nitrogens with zero attached hydrogens (tertiary/aromatic N) is 1. The molecule has 0 spiro atoms. The minimum atomic E-state index is -1.11. The number of rotatable bonds is 9. The summed E-state index contributed by atoms with van der Waals surface area (Å²) in [6.45, 7) is 5.44. The first-order valence-electron chi connectivity index (χ1n) is 6.55. The number of ether oxygens (including phenoxy) is 1. The molecule has 1 amide bonds. The minimum absolute atomic E-state index is 0.00890. The Morgan fingerprint density at radius 2 is 1.85 bits per heavy atom. The molecule has 0 heterocycles. The molecule has 20 heavy (non-hydrogen) atoms. The summed E-state index contributed by atoms with van der Waals surface area (Å²) >= 11 is 4.02. The summed E-state index contributed by atoms with van der Waals surface area (Å²) in [6.07, 6.45) is -0.00890. The van der Waals surface area contributed by atoms with E-state index in [-0.39, 0.29) is 30.7 Å². The van der Waals surface area contributed by atoms with Gasteiger partial charge in [0.1, 0.15) is 6.54 Å². The molecule has 0 aliphatic heterocycles. The zero-order chi connectivity index (χ0) is 15.7. The molecule has 0 rings (SSSR count). The molecule has 0 bridgehead atoms. The largest absolute Gasteiger partial charge is 0.480 e. The first kappa shape index (κ1) is 18.8. The van der Waals surface area contributed by atoms with Gasteiger partial charge in [0.25, 0.3) is 0 Å². The van der Waals surface area contributed by atoms with E-state index in [1.807, 2.05) is 13.8 Å².